The Bertz CT molecular complexity index is 1980. The highest BCUT2D eigenvalue weighted by Crippen LogP contribution is 2.39. The molecule has 6 heteroatoms. The standard InChI is InChI=1S/C32H18N4O2/c1-33-26-16-17-34-19-25(26)20-14-15-28-24(18-20)22-10-5-6-12-27(22)36(28)29-13-7-11-23-30(29)32(38)35(31(23)37)21-8-3-2-4-9-21/h2-19H. The van der Waals surface area contributed by atoms with Gasteiger partial charge in [0.2, 0.25) is 0 Å². The maximum absolute atomic E-state index is 13.8. The van der Waals surface area contributed by atoms with Crippen molar-refractivity contribution in [2.45, 2.75) is 0 Å². The van der Waals surface area contributed by atoms with Gasteiger partial charge in [-0.2, -0.15) is 0 Å². The lowest BCUT2D eigenvalue weighted by atomic mass is 10.0. The van der Waals surface area contributed by atoms with Crippen LogP contribution in [-0.2, 0) is 0 Å². The number of hydrogen-bond donors (Lipinski definition) is 0. The summed E-state index contributed by atoms with van der Waals surface area (Å²) in [5, 5.41) is 1.99. The van der Waals surface area contributed by atoms with E-state index in [-0.39, 0.29) is 11.8 Å². The molecule has 2 amide bonds. The fourth-order valence-electron chi connectivity index (χ4n) is 5.37. The zero-order valence-electron chi connectivity index (χ0n) is 20.0. The van der Waals surface area contributed by atoms with Crippen LogP contribution in [0.4, 0.5) is 11.4 Å². The van der Waals surface area contributed by atoms with Crippen LogP contribution in [-0.4, -0.2) is 21.4 Å². The number of imide groups is 1. The van der Waals surface area contributed by atoms with Gasteiger partial charge in [0.1, 0.15) is 0 Å². The Morgan fingerprint density at radius 1 is 0.711 bits per heavy atom. The zero-order valence-corrected chi connectivity index (χ0v) is 20.0. The summed E-state index contributed by atoms with van der Waals surface area (Å²) < 4.78 is 2.05. The van der Waals surface area contributed by atoms with E-state index in [4.69, 9.17) is 6.57 Å². The topological polar surface area (TPSA) is 59.6 Å². The summed E-state index contributed by atoms with van der Waals surface area (Å²) in [6, 6.07) is 30.2. The Kier molecular flexibility index (Phi) is 4.72. The number of carbonyl (C=O) groups is 2. The van der Waals surface area contributed by atoms with E-state index in [1.54, 1.807) is 36.7 Å². The van der Waals surface area contributed by atoms with Gasteiger partial charge in [-0.1, -0.05) is 48.5 Å². The van der Waals surface area contributed by atoms with Crippen LogP contribution >= 0.6 is 0 Å². The van der Waals surface area contributed by atoms with Crippen LogP contribution < -0.4 is 4.90 Å². The number of pyridine rings is 1. The van der Waals surface area contributed by atoms with E-state index in [9.17, 15) is 9.59 Å². The lowest BCUT2D eigenvalue weighted by molar-refractivity contribution is 0.0926. The molecule has 1 aliphatic rings. The minimum Gasteiger partial charge on any atom is -0.308 e. The summed E-state index contributed by atoms with van der Waals surface area (Å²) in [5.74, 6) is -0.671. The molecular weight excluding hydrogens is 472 g/mol. The van der Waals surface area contributed by atoms with Gasteiger partial charge in [0, 0.05) is 28.7 Å². The zero-order chi connectivity index (χ0) is 25.8. The molecule has 0 spiro atoms. The predicted molar refractivity (Wildman–Crippen MR) is 148 cm³/mol. The van der Waals surface area contributed by atoms with Gasteiger partial charge in [-0.3, -0.25) is 14.6 Å². The second-order valence-electron chi connectivity index (χ2n) is 9.07. The van der Waals surface area contributed by atoms with Gasteiger partial charge in [-0.25, -0.2) is 9.74 Å². The number of benzene rings is 4. The maximum Gasteiger partial charge on any atom is 0.268 e. The van der Waals surface area contributed by atoms with Crippen LogP contribution in [0.15, 0.2) is 109 Å². The Balaban J connectivity index is 1.48. The molecule has 0 fully saturated rings. The first-order valence-corrected chi connectivity index (χ1v) is 12.1. The average Bonchev–Trinajstić information content (AvgIpc) is 3.44. The van der Waals surface area contributed by atoms with Gasteiger partial charge in [0.25, 0.3) is 11.8 Å². The SMILES string of the molecule is [C-]#[N+]c1ccncc1-c1ccc2c(c1)c1ccccc1n2-c1cccc2c1C(=O)N(c1ccccc1)C2=O. The second-order valence-corrected chi connectivity index (χ2v) is 9.07. The molecule has 0 bridgehead atoms. The van der Waals surface area contributed by atoms with Crippen LogP contribution in [0.5, 0.6) is 0 Å². The van der Waals surface area contributed by atoms with E-state index in [0.29, 0.717) is 28.2 Å². The minimum absolute atomic E-state index is 0.329. The molecule has 0 saturated heterocycles. The summed E-state index contributed by atoms with van der Waals surface area (Å²) in [4.78, 5) is 36.3. The van der Waals surface area contributed by atoms with Crippen molar-refractivity contribution in [1.82, 2.24) is 9.55 Å². The molecule has 2 aromatic heterocycles. The summed E-state index contributed by atoms with van der Waals surface area (Å²) >= 11 is 0. The second kappa shape index (κ2) is 8.26. The van der Waals surface area contributed by atoms with Gasteiger partial charge in [0.05, 0.1) is 40.1 Å². The predicted octanol–water partition coefficient (Wildman–Crippen LogP) is 7.20. The van der Waals surface area contributed by atoms with E-state index in [0.717, 1.165) is 32.9 Å². The van der Waals surface area contributed by atoms with Crippen LogP contribution in [0.25, 0.3) is 43.5 Å². The Labute approximate surface area is 217 Å². The molecule has 38 heavy (non-hydrogen) atoms. The molecule has 3 heterocycles. The van der Waals surface area contributed by atoms with E-state index in [2.05, 4.69) is 15.9 Å². The highest BCUT2D eigenvalue weighted by Gasteiger charge is 2.39. The average molecular weight is 491 g/mol. The number of fused-ring (bicyclic) bond motifs is 4. The first kappa shape index (κ1) is 21.7. The lowest BCUT2D eigenvalue weighted by Gasteiger charge is -2.14. The number of hydrogen-bond acceptors (Lipinski definition) is 3. The maximum atomic E-state index is 13.8. The fourth-order valence-corrected chi connectivity index (χ4v) is 5.37. The van der Waals surface area contributed by atoms with Crippen molar-refractivity contribution < 1.29 is 9.59 Å². The third kappa shape index (κ3) is 3.03. The van der Waals surface area contributed by atoms with E-state index in [1.807, 2.05) is 71.3 Å². The number of rotatable bonds is 3. The van der Waals surface area contributed by atoms with Gasteiger partial charge in [0.15, 0.2) is 5.69 Å². The molecular formula is C32H18N4O2. The molecule has 0 radical (unpaired) electrons. The smallest absolute Gasteiger partial charge is 0.268 e. The number of aromatic nitrogens is 2. The fraction of sp³-hybridized carbons (Fsp3) is 0. The summed E-state index contributed by atoms with van der Waals surface area (Å²) in [7, 11) is 0. The van der Waals surface area contributed by atoms with E-state index >= 15 is 0 Å². The molecule has 6 nitrogen and oxygen atoms in total. The van der Waals surface area contributed by atoms with Gasteiger partial charge in [-0.05, 0) is 54.1 Å². The number of nitrogens with zero attached hydrogens (tertiary/aromatic N) is 4. The molecule has 0 aliphatic carbocycles. The van der Waals surface area contributed by atoms with E-state index in [1.165, 1.54) is 4.90 Å². The van der Waals surface area contributed by atoms with Crippen LogP contribution in [0, 0.1) is 6.57 Å². The third-order valence-corrected chi connectivity index (χ3v) is 7.05. The number of amides is 2. The van der Waals surface area contributed by atoms with Crippen molar-refractivity contribution in [3.8, 4) is 16.8 Å². The van der Waals surface area contributed by atoms with Crippen molar-refractivity contribution >= 4 is 45.0 Å². The summed E-state index contributed by atoms with van der Waals surface area (Å²) in [6.07, 6.45) is 3.33. The first-order valence-electron chi connectivity index (χ1n) is 12.1. The third-order valence-electron chi connectivity index (χ3n) is 7.05. The summed E-state index contributed by atoms with van der Waals surface area (Å²) in [5.41, 5.74) is 5.98. The van der Waals surface area contributed by atoms with Gasteiger partial charge in [-0.15, -0.1) is 0 Å². The van der Waals surface area contributed by atoms with Crippen LogP contribution in [0.3, 0.4) is 0 Å². The van der Waals surface area contributed by atoms with Gasteiger partial charge < -0.3 is 4.57 Å². The molecule has 0 atom stereocenters. The highest BCUT2D eigenvalue weighted by molar-refractivity contribution is 6.35. The van der Waals surface area contributed by atoms with Crippen molar-refractivity contribution in [2.24, 2.45) is 0 Å². The number of anilines is 1. The molecule has 1 aliphatic heterocycles. The Hall–Kier alpha value is -5.54. The van der Waals surface area contributed by atoms with Crippen LogP contribution in [0.2, 0.25) is 0 Å². The van der Waals surface area contributed by atoms with Crippen LogP contribution in [0.1, 0.15) is 20.7 Å². The van der Waals surface area contributed by atoms with Crippen molar-refractivity contribution in [2.75, 3.05) is 4.90 Å². The minimum atomic E-state index is -0.341. The van der Waals surface area contributed by atoms with Crippen molar-refractivity contribution in [3.63, 3.8) is 0 Å². The molecule has 0 unspecified atom stereocenters. The molecule has 0 N–H and O–H groups in total. The number of carbonyl (C=O) groups excluding carboxylic acids is 2. The van der Waals surface area contributed by atoms with Crippen molar-refractivity contribution in [3.05, 3.63) is 132 Å². The molecule has 4 aromatic carbocycles. The Morgan fingerprint density at radius 3 is 2.34 bits per heavy atom. The van der Waals surface area contributed by atoms with E-state index < -0.39 is 0 Å². The highest BCUT2D eigenvalue weighted by atomic mass is 16.2. The normalized spacial score (nSPS) is 12.8. The van der Waals surface area contributed by atoms with Gasteiger partial charge >= 0.3 is 0 Å². The molecule has 6 aromatic rings. The largest absolute Gasteiger partial charge is 0.308 e. The molecule has 178 valence electrons. The van der Waals surface area contributed by atoms with Crippen molar-refractivity contribution in [1.29, 1.82) is 0 Å². The molecule has 7 rings (SSSR count). The Morgan fingerprint density at radius 2 is 1.50 bits per heavy atom. The first-order chi connectivity index (χ1) is 18.7. The molecule has 0 saturated carbocycles. The quantitative estimate of drug-likeness (QED) is 0.195. The monoisotopic (exact) mass is 490 g/mol. The number of para-hydroxylation sites is 2. The lowest BCUT2D eigenvalue weighted by Crippen LogP contribution is -2.29. The summed E-state index contributed by atoms with van der Waals surface area (Å²) in [6.45, 7) is 7.56.